The van der Waals surface area contributed by atoms with Crippen LogP contribution in [-0.4, -0.2) is 9.13 Å². The Morgan fingerprint density at radius 1 is 0.500 bits per heavy atom. The van der Waals surface area contributed by atoms with Crippen LogP contribution in [0.4, 0.5) is 0 Å². The summed E-state index contributed by atoms with van der Waals surface area (Å²) in [5.41, 5.74) is -1.35. The third kappa shape index (κ3) is 2.54. The molecular formula is C22H10Br2N2O4. The maximum Gasteiger partial charge on any atom is 0.266 e. The summed E-state index contributed by atoms with van der Waals surface area (Å²) in [6.07, 6.45) is 0. The largest absolute Gasteiger partial charge is 0.268 e. The van der Waals surface area contributed by atoms with Crippen molar-refractivity contribution in [2.45, 2.75) is 0 Å². The average molecular weight is 526 g/mol. The van der Waals surface area contributed by atoms with Crippen LogP contribution in [0.2, 0.25) is 0 Å². The predicted molar refractivity (Wildman–Crippen MR) is 123 cm³/mol. The van der Waals surface area contributed by atoms with Crippen LogP contribution in [0, 0.1) is 0 Å². The zero-order chi connectivity index (χ0) is 21.2. The number of fused-ring (bicyclic) bond motifs is 2. The van der Waals surface area contributed by atoms with Gasteiger partial charge in [-0.1, -0.05) is 24.3 Å². The van der Waals surface area contributed by atoms with Gasteiger partial charge in [0.05, 0.1) is 32.9 Å². The number of hydrogen-bond acceptors (Lipinski definition) is 4. The summed E-state index contributed by atoms with van der Waals surface area (Å²) >= 11 is 6.71. The molecule has 0 aliphatic rings. The van der Waals surface area contributed by atoms with E-state index in [4.69, 9.17) is 0 Å². The van der Waals surface area contributed by atoms with E-state index in [0.717, 1.165) is 9.13 Å². The third-order valence-corrected chi connectivity index (χ3v) is 6.42. The quantitative estimate of drug-likeness (QED) is 0.354. The molecule has 30 heavy (non-hydrogen) atoms. The summed E-state index contributed by atoms with van der Waals surface area (Å²) in [6.45, 7) is 0. The van der Waals surface area contributed by atoms with E-state index < -0.39 is 22.2 Å². The van der Waals surface area contributed by atoms with Crippen LogP contribution in [0.3, 0.4) is 0 Å². The van der Waals surface area contributed by atoms with E-state index in [-0.39, 0.29) is 21.5 Å². The molecular weight excluding hydrogens is 516 g/mol. The Labute approximate surface area is 184 Å². The highest BCUT2D eigenvalue weighted by Crippen LogP contribution is 2.23. The molecule has 6 nitrogen and oxygen atoms in total. The first kappa shape index (κ1) is 18.9. The molecule has 0 aliphatic heterocycles. The van der Waals surface area contributed by atoms with Crippen molar-refractivity contribution in [3.8, 4) is 11.4 Å². The van der Waals surface area contributed by atoms with Crippen molar-refractivity contribution in [3.05, 3.63) is 111 Å². The van der Waals surface area contributed by atoms with Gasteiger partial charge in [0, 0.05) is 8.95 Å². The van der Waals surface area contributed by atoms with E-state index in [2.05, 4.69) is 31.9 Å². The van der Waals surface area contributed by atoms with Crippen LogP contribution in [0.5, 0.6) is 0 Å². The van der Waals surface area contributed by atoms with Gasteiger partial charge in [-0.05, 0) is 68.3 Å². The second-order valence-electron chi connectivity index (χ2n) is 6.74. The smallest absolute Gasteiger partial charge is 0.266 e. The van der Waals surface area contributed by atoms with Gasteiger partial charge >= 0.3 is 0 Å². The summed E-state index contributed by atoms with van der Waals surface area (Å²) in [5.74, 6) is 0. The highest BCUT2D eigenvalue weighted by Gasteiger charge is 2.21. The topological polar surface area (TPSA) is 78.1 Å². The number of benzene rings is 3. The lowest BCUT2D eigenvalue weighted by molar-refractivity contribution is 0.982. The van der Waals surface area contributed by atoms with Gasteiger partial charge in [-0.2, -0.15) is 0 Å². The molecule has 0 saturated heterocycles. The van der Waals surface area contributed by atoms with E-state index in [1.54, 1.807) is 48.5 Å². The molecule has 2 heterocycles. The van der Waals surface area contributed by atoms with E-state index in [1.165, 1.54) is 12.1 Å². The standard InChI is InChI=1S/C22H10Br2N2O4/c23-15-5-1-3-7-17(15)25-19(27)11-9-13-14(10-12(11)20(25)28)22(30)26(21(13)29)18-8-4-2-6-16(18)24/h1-10H. The first-order chi connectivity index (χ1) is 14.4. The molecule has 0 bridgehead atoms. The highest BCUT2D eigenvalue weighted by atomic mass is 79.9. The Morgan fingerprint density at radius 3 is 1.10 bits per heavy atom. The van der Waals surface area contributed by atoms with Crippen LogP contribution in [-0.2, 0) is 0 Å². The van der Waals surface area contributed by atoms with Gasteiger partial charge in [-0.25, -0.2) is 9.13 Å². The highest BCUT2D eigenvalue weighted by molar-refractivity contribution is 9.11. The van der Waals surface area contributed by atoms with E-state index in [0.29, 0.717) is 20.3 Å². The van der Waals surface area contributed by atoms with Crippen molar-refractivity contribution in [2.75, 3.05) is 0 Å². The fourth-order valence-corrected chi connectivity index (χ4v) is 4.60. The predicted octanol–water partition coefficient (Wildman–Crippen LogP) is 3.42. The Hall–Kier alpha value is -3.10. The SMILES string of the molecule is O=c1c2cc3c(=O)n(-c4ccccc4Br)c(=O)c3cc2c(=O)n1-c1ccccc1Br. The monoisotopic (exact) mass is 524 g/mol. The van der Waals surface area contributed by atoms with Crippen molar-refractivity contribution in [2.24, 2.45) is 0 Å². The molecule has 5 aromatic rings. The number of rotatable bonds is 2. The summed E-state index contributed by atoms with van der Waals surface area (Å²) in [7, 11) is 0. The Balaban J connectivity index is 1.89. The number of halogens is 2. The molecule has 0 aliphatic carbocycles. The second kappa shape index (κ2) is 6.72. The molecule has 146 valence electrons. The zero-order valence-corrected chi connectivity index (χ0v) is 18.2. The molecule has 0 radical (unpaired) electrons. The van der Waals surface area contributed by atoms with Gasteiger partial charge in [-0.15, -0.1) is 0 Å². The number of para-hydroxylation sites is 2. The van der Waals surface area contributed by atoms with Crippen molar-refractivity contribution >= 4 is 53.4 Å². The Kier molecular flexibility index (Phi) is 4.23. The lowest BCUT2D eigenvalue weighted by atomic mass is 10.1. The van der Waals surface area contributed by atoms with E-state index in [9.17, 15) is 19.2 Å². The average Bonchev–Trinajstić information content (AvgIpc) is 3.12. The van der Waals surface area contributed by atoms with Gasteiger partial charge in [0.2, 0.25) is 0 Å². The fraction of sp³-hybridized carbons (Fsp3) is 0. The van der Waals surface area contributed by atoms with Crippen molar-refractivity contribution in [1.29, 1.82) is 0 Å². The molecule has 0 N–H and O–H groups in total. The Morgan fingerprint density at radius 2 is 0.800 bits per heavy atom. The van der Waals surface area contributed by atoms with Gasteiger partial charge < -0.3 is 0 Å². The van der Waals surface area contributed by atoms with Crippen LogP contribution < -0.4 is 22.2 Å². The summed E-state index contributed by atoms with van der Waals surface area (Å²) < 4.78 is 3.26. The lowest BCUT2D eigenvalue weighted by Crippen LogP contribution is -2.24. The minimum Gasteiger partial charge on any atom is -0.268 e. The first-order valence-corrected chi connectivity index (χ1v) is 10.4. The van der Waals surface area contributed by atoms with Crippen LogP contribution in [0.1, 0.15) is 0 Å². The first-order valence-electron chi connectivity index (χ1n) is 8.85. The fourth-order valence-electron chi connectivity index (χ4n) is 3.68. The van der Waals surface area contributed by atoms with Crippen molar-refractivity contribution in [1.82, 2.24) is 9.13 Å². The number of hydrogen-bond donors (Lipinski definition) is 0. The van der Waals surface area contributed by atoms with E-state index in [1.807, 2.05) is 0 Å². The van der Waals surface area contributed by atoms with Gasteiger partial charge in [0.1, 0.15) is 0 Å². The zero-order valence-electron chi connectivity index (χ0n) is 15.1. The number of aromatic nitrogens is 2. The van der Waals surface area contributed by atoms with Crippen LogP contribution >= 0.6 is 31.9 Å². The molecule has 5 rings (SSSR count). The molecule has 0 saturated carbocycles. The van der Waals surface area contributed by atoms with Crippen LogP contribution in [0.15, 0.2) is 88.8 Å². The lowest BCUT2D eigenvalue weighted by Gasteiger charge is -2.02. The van der Waals surface area contributed by atoms with Gasteiger partial charge in [0.15, 0.2) is 0 Å². The molecule has 0 fully saturated rings. The maximum absolute atomic E-state index is 13.0. The second-order valence-corrected chi connectivity index (χ2v) is 8.45. The molecule has 0 spiro atoms. The molecule has 0 amide bonds. The van der Waals surface area contributed by atoms with E-state index >= 15 is 0 Å². The molecule has 0 unspecified atom stereocenters. The van der Waals surface area contributed by atoms with Crippen LogP contribution in [0.25, 0.3) is 32.9 Å². The maximum atomic E-state index is 13.0. The third-order valence-electron chi connectivity index (χ3n) is 5.08. The van der Waals surface area contributed by atoms with Gasteiger partial charge in [-0.3, -0.25) is 19.2 Å². The summed E-state index contributed by atoms with van der Waals surface area (Å²) in [4.78, 5) is 52.1. The molecule has 2 aromatic heterocycles. The summed E-state index contributed by atoms with van der Waals surface area (Å²) in [5, 5.41) is 0.406. The molecule has 3 aromatic carbocycles. The minimum atomic E-state index is -0.538. The normalized spacial score (nSPS) is 11.5. The number of nitrogens with zero attached hydrogens (tertiary/aromatic N) is 2. The summed E-state index contributed by atoms with van der Waals surface area (Å²) in [6, 6.07) is 16.4. The van der Waals surface area contributed by atoms with Crippen molar-refractivity contribution < 1.29 is 0 Å². The van der Waals surface area contributed by atoms with Gasteiger partial charge in [0.25, 0.3) is 22.2 Å². The minimum absolute atomic E-state index is 0.102. The van der Waals surface area contributed by atoms with Crippen molar-refractivity contribution in [3.63, 3.8) is 0 Å². The molecule has 8 heteroatoms. The Bertz CT molecular complexity index is 1500. The molecule has 0 atom stereocenters.